The molecular weight excluding hydrogens is 278 g/mol. The van der Waals surface area contributed by atoms with Crippen LogP contribution in [0.25, 0.3) is 0 Å². The number of furan rings is 1. The molecule has 1 saturated heterocycles. The second-order valence-corrected chi connectivity index (χ2v) is 7.47. The largest absolute Gasteiger partial charge is 0.440 e. The van der Waals surface area contributed by atoms with Crippen LogP contribution in [0.3, 0.4) is 0 Å². The van der Waals surface area contributed by atoms with Crippen molar-refractivity contribution in [3.05, 3.63) is 17.9 Å². The summed E-state index contributed by atoms with van der Waals surface area (Å²) in [5.74, 6) is 0.536. The zero-order valence-corrected chi connectivity index (χ0v) is 12.1. The van der Waals surface area contributed by atoms with Crippen LogP contribution < -0.4 is 0 Å². The minimum Gasteiger partial charge on any atom is -0.440 e. The number of hydrogen-bond donors (Lipinski definition) is 0. The molecular formula is C14H19NO4S. The van der Waals surface area contributed by atoms with Crippen LogP contribution >= 0.6 is 0 Å². The van der Waals surface area contributed by atoms with E-state index in [1.165, 1.54) is 18.6 Å². The molecule has 0 aromatic carbocycles. The van der Waals surface area contributed by atoms with E-state index >= 15 is 0 Å². The number of piperidine rings is 1. The Bertz CT molecular complexity index is 590. The van der Waals surface area contributed by atoms with E-state index in [1.54, 1.807) is 4.31 Å². The molecule has 3 rings (SSSR count). The fourth-order valence-corrected chi connectivity index (χ4v) is 5.21. The van der Waals surface area contributed by atoms with E-state index in [0.29, 0.717) is 18.7 Å². The first-order valence-corrected chi connectivity index (χ1v) is 8.64. The molecule has 1 saturated carbocycles. The molecule has 110 valence electrons. The molecule has 2 aliphatic rings. The molecule has 1 aromatic heterocycles. The maximum Gasteiger partial charge on any atom is 0.276 e. The number of nitrogens with zero attached hydrogens (tertiary/aromatic N) is 1. The normalized spacial score (nSPS) is 28.0. The SMILES string of the molecule is O=Cc1ccc(S(=O)(=O)N2CCC[C@H]3CCCC[C@H]32)o1. The minimum atomic E-state index is -3.61. The Labute approximate surface area is 119 Å². The number of fused-ring (bicyclic) bond motifs is 1. The summed E-state index contributed by atoms with van der Waals surface area (Å²) in [4.78, 5) is 10.6. The van der Waals surface area contributed by atoms with Crippen LogP contribution in [-0.4, -0.2) is 31.6 Å². The number of hydrogen-bond acceptors (Lipinski definition) is 4. The molecule has 0 bridgehead atoms. The van der Waals surface area contributed by atoms with E-state index in [2.05, 4.69) is 0 Å². The third-order valence-corrected chi connectivity index (χ3v) is 6.27. The van der Waals surface area contributed by atoms with Gasteiger partial charge in [0.1, 0.15) is 0 Å². The van der Waals surface area contributed by atoms with Crippen LogP contribution in [0.5, 0.6) is 0 Å². The molecule has 6 heteroatoms. The molecule has 1 aromatic rings. The van der Waals surface area contributed by atoms with E-state index in [9.17, 15) is 13.2 Å². The molecule has 0 N–H and O–H groups in total. The van der Waals surface area contributed by atoms with Gasteiger partial charge in [0.2, 0.25) is 5.09 Å². The summed E-state index contributed by atoms with van der Waals surface area (Å²) in [6, 6.07) is 2.89. The number of carbonyl (C=O) groups excluding carboxylic acids is 1. The summed E-state index contributed by atoms with van der Waals surface area (Å²) in [7, 11) is -3.61. The Morgan fingerprint density at radius 2 is 1.90 bits per heavy atom. The summed E-state index contributed by atoms with van der Waals surface area (Å²) in [5.41, 5.74) is 0. The lowest BCUT2D eigenvalue weighted by molar-refractivity contribution is 0.109. The van der Waals surface area contributed by atoms with E-state index in [4.69, 9.17) is 4.42 Å². The molecule has 20 heavy (non-hydrogen) atoms. The second-order valence-electron chi connectivity index (χ2n) is 5.64. The minimum absolute atomic E-state index is 0.0563. The predicted octanol–water partition coefficient (Wildman–Crippen LogP) is 2.44. The van der Waals surface area contributed by atoms with Crippen molar-refractivity contribution in [2.45, 2.75) is 49.7 Å². The molecule has 0 unspecified atom stereocenters. The van der Waals surface area contributed by atoms with Gasteiger partial charge in [-0.2, -0.15) is 4.31 Å². The monoisotopic (exact) mass is 297 g/mol. The van der Waals surface area contributed by atoms with Crippen molar-refractivity contribution in [3.8, 4) is 0 Å². The van der Waals surface area contributed by atoms with Crippen LogP contribution in [0.4, 0.5) is 0 Å². The quantitative estimate of drug-likeness (QED) is 0.804. The third-order valence-electron chi connectivity index (χ3n) is 4.47. The highest BCUT2D eigenvalue weighted by Gasteiger charge is 2.41. The molecule has 0 amide bonds. The lowest BCUT2D eigenvalue weighted by Gasteiger charge is -2.42. The fourth-order valence-electron chi connectivity index (χ4n) is 3.53. The van der Waals surface area contributed by atoms with Crippen molar-refractivity contribution in [2.24, 2.45) is 5.92 Å². The Kier molecular flexibility index (Phi) is 3.69. The first-order chi connectivity index (χ1) is 9.63. The maximum atomic E-state index is 12.7. The third kappa shape index (κ3) is 2.31. The van der Waals surface area contributed by atoms with Crippen molar-refractivity contribution in [2.75, 3.05) is 6.54 Å². The standard InChI is InChI=1S/C14H19NO4S/c16-10-12-7-8-14(19-12)20(17,18)15-9-3-5-11-4-1-2-6-13(11)15/h7-8,10-11,13H,1-6,9H2/t11-,13-/m1/s1. The van der Waals surface area contributed by atoms with Gasteiger partial charge in [0.05, 0.1) is 0 Å². The van der Waals surface area contributed by atoms with Gasteiger partial charge in [0.15, 0.2) is 12.0 Å². The van der Waals surface area contributed by atoms with Gasteiger partial charge in [-0.15, -0.1) is 0 Å². The van der Waals surface area contributed by atoms with E-state index < -0.39 is 10.0 Å². The first-order valence-electron chi connectivity index (χ1n) is 7.20. The van der Waals surface area contributed by atoms with E-state index in [-0.39, 0.29) is 16.9 Å². The summed E-state index contributed by atoms with van der Waals surface area (Å²) in [5, 5.41) is -0.106. The first kappa shape index (κ1) is 13.8. The maximum absolute atomic E-state index is 12.7. The number of aldehydes is 1. The molecule has 2 fully saturated rings. The Hall–Kier alpha value is -1.14. The van der Waals surface area contributed by atoms with Crippen LogP contribution in [-0.2, 0) is 10.0 Å². The number of sulfonamides is 1. The highest BCUT2D eigenvalue weighted by Crippen LogP contribution is 2.38. The van der Waals surface area contributed by atoms with Gasteiger partial charge in [-0.25, -0.2) is 8.42 Å². The van der Waals surface area contributed by atoms with Crippen molar-refractivity contribution >= 4 is 16.3 Å². The smallest absolute Gasteiger partial charge is 0.276 e. The van der Waals surface area contributed by atoms with Crippen LogP contribution in [0.2, 0.25) is 0 Å². The lowest BCUT2D eigenvalue weighted by Crippen LogP contribution is -2.49. The van der Waals surface area contributed by atoms with Crippen LogP contribution in [0.1, 0.15) is 49.1 Å². The summed E-state index contributed by atoms with van der Waals surface area (Å²) in [6.45, 7) is 0.556. The lowest BCUT2D eigenvalue weighted by atomic mass is 9.79. The van der Waals surface area contributed by atoms with Crippen molar-refractivity contribution in [1.29, 1.82) is 0 Å². The molecule has 1 aliphatic carbocycles. The van der Waals surface area contributed by atoms with Gasteiger partial charge >= 0.3 is 0 Å². The average Bonchev–Trinajstić information content (AvgIpc) is 2.96. The van der Waals surface area contributed by atoms with Crippen molar-refractivity contribution in [1.82, 2.24) is 4.31 Å². The number of rotatable bonds is 3. The second kappa shape index (κ2) is 5.33. The van der Waals surface area contributed by atoms with Gasteiger partial charge < -0.3 is 4.42 Å². The van der Waals surface area contributed by atoms with Gasteiger partial charge in [-0.1, -0.05) is 12.8 Å². The van der Waals surface area contributed by atoms with Gasteiger partial charge in [0, 0.05) is 12.6 Å². The summed E-state index contributed by atoms with van der Waals surface area (Å²) in [6.07, 6.45) is 6.89. The van der Waals surface area contributed by atoms with Gasteiger partial charge in [0.25, 0.3) is 10.0 Å². The molecule has 0 spiro atoms. The molecule has 2 heterocycles. The van der Waals surface area contributed by atoms with Gasteiger partial charge in [-0.05, 0) is 43.7 Å². The summed E-state index contributed by atoms with van der Waals surface area (Å²) < 4.78 is 32.1. The molecule has 0 radical (unpaired) electrons. The number of carbonyl (C=O) groups is 1. The van der Waals surface area contributed by atoms with E-state index in [0.717, 1.165) is 32.1 Å². The fraction of sp³-hybridized carbons (Fsp3) is 0.643. The summed E-state index contributed by atoms with van der Waals surface area (Å²) >= 11 is 0. The molecule has 1 aliphatic heterocycles. The zero-order valence-electron chi connectivity index (χ0n) is 11.3. The molecule has 5 nitrogen and oxygen atoms in total. The Morgan fingerprint density at radius 3 is 2.65 bits per heavy atom. The predicted molar refractivity (Wildman–Crippen MR) is 73.0 cm³/mol. The highest BCUT2D eigenvalue weighted by atomic mass is 32.2. The Balaban J connectivity index is 1.91. The van der Waals surface area contributed by atoms with Crippen molar-refractivity contribution < 1.29 is 17.6 Å². The average molecular weight is 297 g/mol. The van der Waals surface area contributed by atoms with Crippen LogP contribution in [0.15, 0.2) is 21.6 Å². The zero-order chi connectivity index (χ0) is 14.2. The van der Waals surface area contributed by atoms with Crippen LogP contribution in [0, 0.1) is 5.92 Å². The topological polar surface area (TPSA) is 67.6 Å². The highest BCUT2D eigenvalue weighted by molar-refractivity contribution is 7.89. The van der Waals surface area contributed by atoms with Crippen molar-refractivity contribution in [3.63, 3.8) is 0 Å². The molecule has 2 atom stereocenters. The Morgan fingerprint density at radius 1 is 1.15 bits per heavy atom. The van der Waals surface area contributed by atoms with Gasteiger partial charge in [-0.3, -0.25) is 4.79 Å². The van der Waals surface area contributed by atoms with E-state index in [1.807, 2.05) is 0 Å².